The highest BCUT2D eigenvalue weighted by atomic mass is 16.4. The quantitative estimate of drug-likeness (QED) is 0.674. The molecule has 9 heteroatoms. The highest BCUT2D eigenvalue weighted by Gasteiger charge is 2.24. The number of carboxylic acid groups (broad SMARTS) is 1. The summed E-state index contributed by atoms with van der Waals surface area (Å²) in [5.41, 5.74) is -2.52. The average Bonchev–Trinajstić information content (AvgIpc) is 2.89. The van der Waals surface area contributed by atoms with Crippen molar-refractivity contribution >= 4 is 11.8 Å². The minimum atomic E-state index is -1.37. The number of carbonyl (C=O) groups is 2. The molecule has 0 aliphatic carbocycles. The molecule has 0 saturated carbocycles. The molecular weight excluding hydrogens is 268 g/mol. The van der Waals surface area contributed by atoms with E-state index >= 15 is 0 Å². The van der Waals surface area contributed by atoms with Gasteiger partial charge >= 0.3 is 11.7 Å². The molecule has 0 aliphatic heterocycles. The molecule has 0 aliphatic rings. The van der Waals surface area contributed by atoms with Gasteiger partial charge in [0.15, 0.2) is 5.69 Å². The number of aromatic nitrogens is 4. The summed E-state index contributed by atoms with van der Waals surface area (Å²) in [5.74, 6) is -2.23. The molecule has 2 N–H and O–H groups in total. The highest BCUT2D eigenvalue weighted by molar-refractivity contribution is 6.12. The van der Waals surface area contributed by atoms with Gasteiger partial charge in [-0.15, -0.1) is 0 Å². The topological polar surface area (TPSA) is 127 Å². The molecule has 20 heavy (non-hydrogen) atoms. The standard InChI is InChI=1S/C11H10N4O5/c1-14-3-5(9(17)15(2)11(14)20)8(16)6-7(10(18)19)13-4-12-6/h3-4H,1-2H3,(H,12,13)(H,18,19). The van der Waals surface area contributed by atoms with Crippen LogP contribution in [0.1, 0.15) is 26.5 Å². The van der Waals surface area contributed by atoms with Crippen LogP contribution in [0.25, 0.3) is 0 Å². The number of carbonyl (C=O) groups excluding carboxylic acids is 1. The fraction of sp³-hybridized carbons (Fsp3) is 0.182. The van der Waals surface area contributed by atoms with Crippen LogP contribution in [0.4, 0.5) is 0 Å². The minimum Gasteiger partial charge on any atom is -0.477 e. The van der Waals surface area contributed by atoms with Crippen LogP contribution >= 0.6 is 0 Å². The summed E-state index contributed by atoms with van der Waals surface area (Å²) in [4.78, 5) is 52.5. The third kappa shape index (κ3) is 1.94. The van der Waals surface area contributed by atoms with Crippen molar-refractivity contribution in [3.05, 3.63) is 50.3 Å². The fourth-order valence-electron chi connectivity index (χ4n) is 1.72. The lowest BCUT2D eigenvalue weighted by Gasteiger charge is -2.05. The molecule has 2 aromatic rings. The summed E-state index contributed by atoms with van der Waals surface area (Å²) >= 11 is 0. The molecule has 0 bridgehead atoms. The molecule has 0 saturated heterocycles. The zero-order valence-corrected chi connectivity index (χ0v) is 10.6. The highest BCUT2D eigenvalue weighted by Crippen LogP contribution is 2.07. The number of aromatic amines is 1. The monoisotopic (exact) mass is 278 g/mol. The van der Waals surface area contributed by atoms with Crippen LogP contribution in [0, 0.1) is 0 Å². The van der Waals surface area contributed by atoms with Crippen molar-refractivity contribution in [2.75, 3.05) is 0 Å². The molecule has 0 fully saturated rings. The Morgan fingerprint density at radius 3 is 2.55 bits per heavy atom. The zero-order valence-electron chi connectivity index (χ0n) is 10.6. The number of ketones is 1. The van der Waals surface area contributed by atoms with E-state index in [9.17, 15) is 19.2 Å². The van der Waals surface area contributed by atoms with Crippen molar-refractivity contribution in [2.24, 2.45) is 14.1 Å². The van der Waals surface area contributed by atoms with Crippen LogP contribution in [0.5, 0.6) is 0 Å². The van der Waals surface area contributed by atoms with Gasteiger partial charge < -0.3 is 14.7 Å². The van der Waals surface area contributed by atoms with E-state index in [4.69, 9.17) is 5.11 Å². The van der Waals surface area contributed by atoms with Gasteiger partial charge in [0.1, 0.15) is 11.3 Å². The van der Waals surface area contributed by atoms with Crippen molar-refractivity contribution in [2.45, 2.75) is 0 Å². The Bertz CT molecular complexity index is 826. The first-order valence-electron chi connectivity index (χ1n) is 5.42. The lowest BCUT2D eigenvalue weighted by molar-refractivity contribution is 0.0687. The third-order valence-electron chi connectivity index (χ3n) is 2.76. The Balaban J connectivity index is 2.66. The van der Waals surface area contributed by atoms with E-state index in [1.54, 1.807) is 0 Å². The van der Waals surface area contributed by atoms with Crippen molar-refractivity contribution in [1.82, 2.24) is 19.1 Å². The first-order chi connectivity index (χ1) is 9.34. The molecule has 2 heterocycles. The number of H-pyrrole nitrogens is 1. The van der Waals surface area contributed by atoms with Gasteiger partial charge in [0.2, 0.25) is 5.78 Å². The number of rotatable bonds is 3. The average molecular weight is 278 g/mol. The van der Waals surface area contributed by atoms with Gasteiger partial charge in [0.05, 0.1) is 6.33 Å². The van der Waals surface area contributed by atoms with Crippen LogP contribution in [-0.4, -0.2) is 36.0 Å². The smallest absolute Gasteiger partial charge is 0.354 e. The molecule has 0 atom stereocenters. The Morgan fingerprint density at radius 2 is 1.95 bits per heavy atom. The number of imidazole rings is 1. The lowest BCUT2D eigenvalue weighted by atomic mass is 10.1. The molecule has 0 radical (unpaired) electrons. The number of hydrogen-bond acceptors (Lipinski definition) is 5. The molecule has 0 aromatic carbocycles. The molecule has 0 amide bonds. The maximum Gasteiger partial charge on any atom is 0.354 e. The van der Waals surface area contributed by atoms with Gasteiger partial charge in [-0.2, -0.15) is 0 Å². The summed E-state index contributed by atoms with van der Waals surface area (Å²) in [6.07, 6.45) is 2.11. The number of carboxylic acids is 1. The number of nitrogens with one attached hydrogen (secondary N) is 1. The van der Waals surface area contributed by atoms with Crippen LogP contribution in [0.3, 0.4) is 0 Å². The molecule has 2 rings (SSSR count). The van der Waals surface area contributed by atoms with Gasteiger partial charge in [-0.3, -0.25) is 14.2 Å². The SMILES string of the molecule is Cn1cc(C(=O)c2nc[nH]c2C(=O)O)c(=O)n(C)c1=O. The van der Waals surface area contributed by atoms with Gasteiger partial charge in [-0.05, 0) is 0 Å². The Labute approximate surface area is 111 Å². The lowest BCUT2D eigenvalue weighted by Crippen LogP contribution is -2.39. The summed E-state index contributed by atoms with van der Waals surface area (Å²) in [6.45, 7) is 0. The van der Waals surface area contributed by atoms with Gasteiger partial charge in [0.25, 0.3) is 5.56 Å². The van der Waals surface area contributed by atoms with Crippen LogP contribution in [-0.2, 0) is 14.1 Å². The van der Waals surface area contributed by atoms with Gasteiger partial charge in [-0.25, -0.2) is 14.6 Å². The first-order valence-corrected chi connectivity index (χ1v) is 5.42. The Hall–Kier alpha value is -2.97. The van der Waals surface area contributed by atoms with Crippen LogP contribution < -0.4 is 11.2 Å². The Morgan fingerprint density at radius 1 is 1.30 bits per heavy atom. The van der Waals surface area contributed by atoms with Crippen LogP contribution in [0.15, 0.2) is 22.1 Å². The predicted molar refractivity (Wildman–Crippen MR) is 65.9 cm³/mol. The van der Waals surface area contributed by atoms with E-state index in [1.165, 1.54) is 14.1 Å². The predicted octanol–water partition coefficient (Wildman–Crippen LogP) is -1.26. The number of aromatic carboxylic acids is 1. The maximum atomic E-state index is 12.2. The van der Waals surface area contributed by atoms with E-state index < -0.39 is 28.7 Å². The molecule has 104 valence electrons. The summed E-state index contributed by atoms with van der Waals surface area (Å²) < 4.78 is 1.82. The molecule has 2 aromatic heterocycles. The molecule has 9 nitrogen and oxygen atoms in total. The van der Waals surface area contributed by atoms with Crippen molar-refractivity contribution in [1.29, 1.82) is 0 Å². The van der Waals surface area contributed by atoms with Gasteiger partial charge in [-0.1, -0.05) is 0 Å². The first kappa shape index (κ1) is 13.5. The molecule has 0 unspecified atom stereocenters. The van der Waals surface area contributed by atoms with E-state index in [2.05, 4.69) is 9.97 Å². The number of nitrogens with zero attached hydrogens (tertiary/aromatic N) is 3. The summed E-state index contributed by atoms with van der Waals surface area (Å²) in [7, 11) is 2.60. The zero-order chi connectivity index (χ0) is 15.0. The van der Waals surface area contributed by atoms with E-state index in [0.29, 0.717) is 0 Å². The molecule has 0 spiro atoms. The van der Waals surface area contributed by atoms with E-state index in [1.807, 2.05) is 0 Å². The second-order valence-corrected chi connectivity index (χ2v) is 4.06. The summed E-state index contributed by atoms with van der Waals surface area (Å²) in [6, 6.07) is 0. The summed E-state index contributed by atoms with van der Waals surface area (Å²) in [5, 5.41) is 8.91. The van der Waals surface area contributed by atoms with Crippen molar-refractivity contribution < 1.29 is 14.7 Å². The maximum absolute atomic E-state index is 12.2. The Kier molecular flexibility index (Phi) is 3.10. The van der Waals surface area contributed by atoms with E-state index in [0.717, 1.165) is 21.7 Å². The number of aryl methyl sites for hydroxylation is 1. The van der Waals surface area contributed by atoms with Crippen molar-refractivity contribution in [3.63, 3.8) is 0 Å². The van der Waals surface area contributed by atoms with Crippen LogP contribution in [0.2, 0.25) is 0 Å². The molecular formula is C11H10N4O5. The van der Waals surface area contributed by atoms with Gasteiger partial charge in [0, 0.05) is 20.3 Å². The third-order valence-corrected chi connectivity index (χ3v) is 2.76. The second kappa shape index (κ2) is 4.61. The second-order valence-electron chi connectivity index (χ2n) is 4.06. The fourth-order valence-corrected chi connectivity index (χ4v) is 1.72. The number of hydrogen-bond donors (Lipinski definition) is 2. The minimum absolute atomic E-state index is 0.329. The van der Waals surface area contributed by atoms with Crippen molar-refractivity contribution in [3.8, 4) is 0 Å². The normalized spacial score (nSPS) is 10.5. The largest absolute Gasteiger partial charge is 0.477 e. The van der Waals surface area contributed by atoms with E-state index in [-0.39, 0.29) is 11.3 Å².